The van der Waals surface area contributed by atoms with Crippen LogP contribution in [-0.4, -0.2) is 14.3 Å². The van der Waals surface area contributed by atoms with Gasteiger partial charge in [-0.25, -0.2) is 0 Å². The van der Waals surface area contributed by atoms with E-state index in [9.17, 15) is 0 Å². The van der Waals surface area contributed by atoms with Crippen molar-refractivity contribution in [2.75, 3.05) is 0 Å². The van der Waals surface area contributed by atoms with Crippen LogP contribution in [0.5, 0.6) is 0 Å². The Morgan fingerprint density at radius 3 is 1.83 bits per heavy atom. The summed E-state index contributed by atoms with van der Waals surface area (Å²) in [6.45, 7) is 9.24. The van der Waals surface area contributed by atoms with Crippen molar-refractivity contribution in [3.05, 3.63) is 22.8 Å². The van der Waals surface area contributed by atoms with Crippen LogP contribution in [0, 0.1) is 0 Å². The number of allylic oxidation sites excluding steroid dienone is 4. The van der Waals surface area contributed by atoms with Crippen LogP contribution in [0.4, 0.5) is 0 Å². The Bertz CT molecular complexity index is 258. The molecule has 0 radical (unpaired) electrons. The van der Waals surface area contributed by atoms with Crippen molar-refractivity contribution in [3.63, 3.8) is 0 Å². The van der Waals surface area contributed by atoms with Gasteiger partial charge in [-0.1, -0.05) is 0 Å². The summed E-state index contributed by atoms with van der Waals surface area (Å²) in [5, 5.41) is 0. The van der Waals surface area contributed by atoms with Crippen LogP contribution in [-0.2, 0) is 0 Å². The van der Waals surface area contributed by atoms with Crippen molar-refractivity contribution >= 4 is 14.3 Å². The van der Waals surface area contributed by atoms with E-state index in [-0.39, 0.29) is 0 Å². The summed E-state index contributed by atoms with van der Waals surface area (Å²) < 4.78 is 0.501. The maximum atomic E-state index is 2.50. The molecule has 0 nitrogen and oxygen atoms in total. The van der Waals surface area contributed by atoms with Crippen LogP contribution in [0.25, 0.3) is 0 Å². The minimum atomic E-state index is -1.06. The monoisotopic (exact) mass is 226 g/mol. The number of hydrogen-bond donors (Lipinski definition) is 0. The van der Waals surface area contributed by atoms with Crippen molar-refractivity contribution in [3.8, 4) is 0 Å². The molecule has 0 amide bonds. The third kappa shape index (κ3) is 1.30. The Morgan fingerprint density at radius 1 is 1.17 bits per heavy atom. The fraction of sp³-hybridized carbons (Fsp3) is 0.636. The second kappa shape index (κ2) is 3.06. The summed E-state index contributed by atoms with van der Waals surface area (Å²) in [5.74, 6) is 4.97. The molecule has 1 aliphatic carbocycles. The molecule has 1 atom stereocenters. The molecule has 0 saturated heterocycles. The van der Waals surface area contributed by atoms with Crippen LogP contribution >= 0.6 is 0 Å². The molecular weight excluding hydrogens is 205 g/mol. The fourth-order valence-corrected chi connectivity index (χ4v) is 5.46. The molecule has 1 aliphatic rings. The van der Waals surface area contributed by atoms with Crippen molar-refractivity contribution in [2.45, 2.75) is 43.5 Å². The number of rotatable bonds is 1. The Hall–Kier alpha value is 0.0229. The molecular formula is C11H20Ge. The van der Waals surface area contributed by atoms with E-state index in [1.54, 1.807) is 5.57 Å². The maximum absolute atomic E-state index is 2.50. The van der Waals surface area contributed by atoms with E-state index in [0.29, 0.717) is 4.25 Å². The SMILES string of the molecule is CC1=C[C](C)([GeH]([CH3])[CH3])C(C)=C1C. The van der Waals surface area contributed by atoms with Gasteiger partial charge in [0.1, 0.15) is 0 Å². The predicted molar refractivity (Wildman–Crippen MR) is 59.4 cm³/mol. The molecule has 0 aliphatic heterocycles. The van der Waals surface area contributed by atoms with Crippen molar-refractivity contribution in [2.24, 2.45) is 0 Å². The Kier molecular flexibility index (Phi) is 2.58. The van der Waals surface area contributed by atoms with E-state index >= 15 is 0 Å². The zero-order valence-corrected chi connectivity index (χ0v) is 11.6. The molecule has 0 heterocycles. The summed E-state index contributed by atoms with van der Waals surface area (Å²) >= 11 is -1.06. The molecule has 1 unspecified atom stereocenters. The molecule has 0 N–H and O–H groups in total. The first-order valence-corrected chi connectivity index (χ1v) is 10.8. The summed E-state index contributed by atoms with van der Waals surface area (Å²) in [5.41, 5.74) is 4.68. The second-order valence-electron chi connectivity index (χ2n) is 4.51. The van der Waals surface area contributed by atoms with Gasteiger partial charge < -0.3 is 0 Å². The van der Waals surface area contributed by atoms with Gasteiger partial charge in [-0.3, -0.25) is 0 Å². The molecule has 0 aromatic rings. The number of hydrogen-bond acceptors (Lipinski definition) is 0. The standard InChI is InChI=1S/C11H20Ge/c1-8-7-11(4,12(5)6)10(3)9(8)2/h7,12H,1-6H3. The molecule has 68 valence electrons. The molecule has 1 rings (SSSR count). The van der Waals surface area contributed by atoms with Gasteiger partial charge in [-0.2, -0.15) is 0 Å². The van der Waals surface area contributed by atoms with E-state index in [2.05, 4.69) is 45.3 Å². The van der Waals surface area contributed by atoms with Crippen LogP contribution < -0.4 is 0 Å². The molecule has 0 saturated carbocycles. The van der Waals surface area contributed by atoms with E-state index in [0.717, 1.165) is 0 Å². The summed E-state index contributed by atoms with van der Waals surface area (Å²) in [7, 11) is 0. The van der Waals surface area contributed by atoms with Crippen LogP contribution in [0.15, 0.2) is 22.8 Å². The first-order valence-electron chi connectivity index (χ1n) is 4.77. The van der Waals surface area contributed by atoms with E-state index in [4.69, 9.17) is 0 Å². The van der Waals surface area contributed by atoms with Crippen LogP contribution in [0.3, 0.4) is 0 Å². The fourth-order valence-electron chi connectivity index (χ4n) is 1.97. The van der Waals surface area contributed by atoms with Gasteiger partial charge in [0.05, 0.1) is 0 Å². The summed E-state index contributed by atoms with van der Waals surface area (Å²) in [4.78, 5) is 0. The molecule has 0 aromatic carbocycles. The van der Waals surface area contributed by atoms with Gasteiger partial charge in [-0.15, -0.1) is 0 Å². The molecule has 1 heteroatoms. The Labute approximate surface area is 80.9 Å². The quantitative estimate of drug-likeness (QED) is 0.598. The Balaban J connectivity index is 3.14. The normalized spacial score (nSPS) is 30.1. The van der Waals surface area contributed by atoms with Gasteiger partial charge in [0.2, 0.25) is 0 Å². The summed E-state index contributed by atoms with van der Waals surface area (Å²) in [6, 6.07) is 0. The molecule has 0 bridgehead atoms. The Morgan fingerprint density at radius 2 is 1.67 bits per heavy atom. The van der Waals surface area contributed by atoms with Crippen molar-refractivity contribution in [1.29, 1.82) is 0 Å². The van der Waals surface area contributed by atoms with Gasteiger partial charge in [0, 0.05) is 0 Å². The molecule has 0 fully saturated rings. The topological polar surface area (TPSA) is 0 Å². The summed E-state index contributed by atoms with van der Waals surface area (Å²) in [6.07, 6.45) is 2.50. The third-order valence-electron chi connectivity index (χ3n) is 3.68. The van der Waals surface area contributed by atoms with E-state index in [1.807, 2.05) is 0 Å². The zero-order valence-electron chi connectivity index (χ0n) is 9.15. The van der Waals surface area contributed by atoms with Crippen LogP contribution in [0.2, 0.25) is 15.8 Å². The third-order valence-corrected chi connectivity index (χ3v) is 9.97. The molecule has 0 spiro atoms. The second-order valence-corrected chi connectivity index (χ2v) is 11.9. The van der Waals surface area contributed by atoms with Gasteiger partial charge in [-0.05, 0) is 0 Å². The predicted octanol–water partition coefficient (Wildman–Crippen LogP) is 3.53. The van der Waals surface area contributed by atoms with Crippen LogP contribution in [0.1, 0.15) is 27.7 Å². The zero-order chi connectivity index (χ0) is 9.52. The molecule has 12 heavy (non-hydrogen) atoms. The van der Waals surface area contributed by atoms with Crippen molar-refractivity contribution in [1.82, 2.24) is 0 Å². The van der Waals surface area contributed by atoms with E-state index < -0.39 is 14.3 Å². The average molecular weight is 225 g/mol. The van der Waals surface area contributed by atoms with Gasteiger partial charge in [0.25, 0.3) is 0 Å². The van der Waals surface area contributed by atoms with Gasteiger partial charge in [0.15, 0.2) is 0 Å². The molecule has 0 aromatic heterocycles. The first kappa shape index (κ1) is 10.1. The van der Waals surface area contributed by atoms with Crippen molar-refractivity contribution < 1.29 is 0 Å². The van der Waals surface area contributed by atoms with Gasteiger partial charge >= 0.3 is 80.6 Å². The van der Waals surface area contributed by atoms with E-state index in [1.165, 1.54) is 11.1 Å². The first-order chi connectivity index (χ1) is 5.39. The minimum absolute atomic E-state index is 0.501. The average Bonchev–Trinajstić information content (AvgIpc) is 2.17.